The number of unbranched alkanes of at least 4 members (excludes halogenated alkanes) is 2. The summed E-state index contributed by atoms with van der Waals surface area (Å²) in [5, 5.41) is 0. The van der Waals surface area contributed by atoms with Gasteiger partial charge in [0.25, 0.3) is 0 Å². The van der Waals surface area contributed by atoms with Crippen LogP contribution < -0.4 is 0 Å². The number of carbonyl (C=O) groups is 1. The largest absolute Gasteiger partial charge is 0.748 e. The maximum atomic E-state index is 11.3. The zero-order valence-corrected chi connectivity index (χ0v) is 14.6. The summed E-state index contributed by atoms with van der Waals surface area (Å²) in [6.45, 7) is 3.11. The first-order valence-corrected chi connectivity index (χ1v) is 8.79. The van der Waals surface area contributed by atoms with Crippen LogP contribution in [0.25, 0.3) is 0 Å². The molecule has 0 aromatic heterocycles. The average Bonchev–Trinajstić information content (AvgIpc) is 2.23. The van der Waals surface area contributed by atoms with Crippen molar-refractivity contribution in [2.75, 3.05) is 40.6 Å². The molecule has 21 heavy (non-hydrogen) atoms. The highest BCUT2D eigenvalue weighted by atomic mass is 32.2. The van der Waals surface area contributed by atoms with Crippen molar-refractivity contribution in [3.8, 4) is 0 Å². The van der Waals surface area contributed by atoms with Crippen molar-refractivity contribution >= 4 is 16.1 Å². The van der Waals surface area contributed by atoms with Gasteiger partial charge in [0.1, 0.15) is 0 Å². The van der Waals surface area contributed by atoms with E-state index in [0.717, 1.165) is 12.8 Å². The zero-order valence-electron chi connectivity index (χ0n) is 13.8. The quantitative estimate of drug-likeness (QED) is 0.222. The Kier molecular flexibility index (Phi) is 12.5. The van der Waals surface area contributed by atoms with E-state index >= 15 is 0 Å². The molecule has 0 amide bonds. The number of carbonyl (C=O) groups excluding carboxylic acids is 1. The molecule has 0 aromatic rings. The van der Waals surface area contributed by atoms with Gasteiger partial charge in [-0.15, -0.1) is 0 Å². The fraction of sp³-hybridized carbons (Fsp3) is 0.786. The van der Waals surface area contributed by atoms with Gasteiger partial charge in [0.2, 0.25) is 0 Å². The maximum Gasteiger partial charge on any atom is 0.361 e. The Morgan fingerprint density at radius 3 is 2.10 bits per heavy atom. The Balaban J connectivity index is 0. The third-order valence-electron chi connectivity index (χ3n) is 2.04. The Morgan fingerprint density at radius 2 is 1.67 bits per heavy atom. The van der Waals surface area contributed by atoms with Gasteiger partial charge in [-0.1, -0.05) is 31.9 Å². The second-order valence-corrected chi connectivity index (χ2v) is 7.18. The highest BCUT2D eigenvalue weighted by Crippen LogP contribution is 1.97. The van der Waals surface area contributed by atoms with E-state index in [4.69, 9.17) is 17.7 Å². The first-order valence-electron chi connectivity index (χ1n) is 6.97. The molecule has 0 spiro atoms. The molecule has 0 aromatic carbocycles. The van der Waals surface area contributed by atoms with Gasteiger partial charge in [-0.3, -0.25) is 0 Å². The molecule has 0 fully saturated rings. The van der Waals surface area contributed by atoms with Crippen molar-refractivity contribution in [2.45, 2.75) is 32.6 Å². The molecular formula is C14H29NO5S. The molecular weight excluding hydrogens is 294 g/mol. The fourth-order valence-corrected chi connectivity index (χ4v) is 1.23. The van der Waals surface area contributed by atoms with E-state index in [1.807, 2.05) is 21.1 Å². The number of nitrogens with zero attached hydrogens (tertiary/aromatic N) is 1. The summed E-state index contributed by atoms with van der Waals surface area (Å²) in [7, 11) is 2.02. The first-order chi connectivity index (χ1) is 9.45. The molecule has 0 unspecified atom stereocenters. The van der Waals surface area contributed by atoms with Gasteiger partial charge in [0.05, 0.1) is 37.9 Å². The minimum atomic E-state index is -3.92. The van der Waals surface area contributed by atoms with E-state index < -0.39 is 10.1 Å². The molecule has 7 heteroatoms. The normalized spacial score (nSPS) is 11.9. The van der Waals surface area contributed by atoms with E-state index in [1.165, 1.54) is 12.8 Å². The molecule has 126 valence electrons. The second kappa shape index (κ2) is 11.7. The third-order valence-corrected chi connectivity index (χ3v) is 2.04. The molecule has 0 rings (SSSR count). The minimum absolute atomic E-state index is 0.116. The van der Waals surface area contributed by atoms with Crippen molar-refractivity contribution in [1.29, 1.82) is 0 Å². The lowest BCUT2D eigenvalue weighted by Gasteiger charge is -2.22. The fourth-order valence-electron chi connectivity index (χ4n) is 1.23. The Hall–Kier alpha value is -0.920. The minimum Gasteiger partial charge on any atom is -0.748 e. The van der Waals surface area contributed by atoms with E-state index in [1.54, 1.807) is 0 Å². The first kappa shape index (κ1) is 22.4. The van der Waals surface area contributed by atoms with Crippen LogP contribution in [0, 0.1) is 0 Å². The Bertz CT molecular complexity index is 388. The topological polar surface area (TPSA) is 83.5 Å². The van der Waals surface area contributed by atoms with Crippen molar-refractivity contribution in [3.05, 3.63) is 12.2 Å². The molecule has 0 bridgehead atoms. The van der Waals surface area contributed by atoms with Gasteiger partial charge in [0.15, 0.2) is 6.54 Å². The summed E-state index contributed by atoms with van der Waals surface area (Å²) in [4.78, 5) is 11.3. The van der Waals surface area contributed by atoms with E-state index in [2.05, 4.69) is 19.1 Å². The number of esters is 1. The predicted octanol–water partition coefficient (Wildman–Crippen LogP) is 1.53. The lowest BCUT2D eigenvalue weighted by molar-refractivity contribution is -0.862. The smallest absolute Gasteiger partial charge is 0.361 e. The van der Waals surface area contributed by atoms with E-state index in [0.29, 0.717) is 23.9 Å². The van der Waals surface area contributed by atoms with Gasteiger partial charge >= 0.3 is 5.97 Å². The van der Waals surface area contributed by atoms with Crippen LogP contribution in [0.1, 0.15) is 32.6 Å². The van der Waals surface area contributed by atoms with Gasteiger partial charge in [-0.2, -0.15) is 0 Å². The summed E-state index contributed by atoms with van der Waals surface area (Å²) in [5.74, 6) is -0.116. The number of rotatable bonds is 8. The average molecular weight is 323 g/mol. The van der Waals surface area contributed by atoms with Gasteiger partial charge in [0, 0.05) is 6.26 Å². The van der Waals surface area contributed by atoms with Crippen LogP contribution >= 0.6 is 0 Å². The van der Waals surface area contributed by atoms with Crippen molar-refractivity contribution in [3.63, 3.8) is 0 Å². The number of likely N-dealkylation sites (N-methyl/N-ethyl adjacent to an activating group) is 1. The van der Waals surface area contributed by atoms with E-state index in [-0.39, 0.29) is 5.97 Å². The summed E-state index contributed by atoms with van der Waals surface area (Å²) in [6.07, 6.45) is 9.27. The van der Waals surface area contributed by atoms with Crippen molar-refractivity contribution < 1.29 is 27.0 Å². The van der Waals surface area contributed by atoms with Crippen LogP contribution in [-0.4, -0.2) is 64.0 Å². The lowest BCUT2D eigenvalue weighted by atomic mass is 10.2. The number of hydrogen-bond donors (Lipinski definition) is 0. The third kappa shape index (κ3) is 32.5. The summed E-state index contributed by atoms with van der Waals surface area (Å²) < 4.78 is 33.0. The zero-order chi connectivity index (χ0) is 16.9. The summed E-state index contributed by atoms with van der Waals surface area (Å²) >= 11 is 0. The lowest BCUT2D eigenvalue weighted by Crippen LogP contribution is -2.40. The number of hydrogen-bond acceptors (Lipinski definition) is 5. The van der Waals surface area contributed by atoms with Gasteiger partial charge < -0.3 is 13.8 Å². The molecule has 0 saturated heterocycles. The monoisotopic (exact) mass is 323 g/mol. The second-order valence-electron chi connectivity index (χ2n) is 5.78. The number of quaternary nitrogens is 1. The molecule has 0 saturated carbocycles. The molecule has 0 N–H and O–H groups in total. The summed E-state index contributed by atoms with van der Waals surface area (Å²) in [6, 6.07) is 0. The standard InChI is InChI=1S/C13H26NO2.CH4O3S/c1-5-6-7-8-9-10-11-16-13(15)12-14(2,3)4;1-5(2,3)4/h8-9H,5-7,10-12H2,1-4H3;1H3,(H,2,3,4)/q+1;/p-1/b9-8-;. The van der Waals surface area contributed by atoms with Gasteiger partial charge in [-0.25, -0.2) is 13.2 Å². The van der Waals surface area contributed by atoms with Crippen molar-refractivity contribution in [2.24, 2.45) is 0 Å². The molecule has 0 radical (unpaired) electrons. The van der Waals surface area contributed by atoms with Crippen LogP contribution in [0.15, 0.2) is 12.2 Å². The Morgan fingerprint density at radius 1 is 1.19 bits per heavy atom. The van der Waals surface area contributed by atoms with Crippen LogP contribution in [0.4, 0.5) is 0 Å². The highest BCUT2D eigenvalue weighted by Gasteiger charge is 2.14. The molecule has 0 aliphatic heterocycles. The van der Waals surface area contributed by atoms with Crippen molar-refractivity contribution in [1.82, 2.24) is 0 Å². The molecule has 0 aliphatic carbocycles. The van der Waals surface area contributed by atoms with Gasteiger partial charge in [-0.05, 0) is 12.8 Å². The maximum absolute atomic E-state index is 11.3. The molecule has 0 heterocycles. The molecule has 6 nitrogen and oxygen atoms in total. The summed E-state index contributed by atoms with van der Waals surface area (Å²) in [5.41, 5.74) is 0. The van der Waals surface area contributed by atoms with Crippen LogP contribution in [0.5, 0.6) is 0 Å². The highest BCUT2D eigenvalue weighted by molar-refractivity contribution is 7.84. The molecule has 0 atom stereocenters. The van der Waals surface area contributed by atoms with Crippen LogP contribution in [0.2, 0.25) is 0 Å². The van der Waals surface area contributed by atoms with Crippen LogP contribution in [0.3, 0.4) is 0 Å². The number of allylic oxidation sites excluding steroid dienone is 1. The predicted molar refractivity (Wildman–Crippen MR) is 82.8 cm³/mol. The van der Waals surface area contributed by atoms with Crippen LogP contribution in [-0.2, 0) is 19.6 Å². The van der Waals surface area contributed by atoms with E-state index in [9.17, 15) is 4.79 Å². The molecule has 0 aliphatic rings. The SMILES string of the molecule is CCCC/C=C\CCOC(=O)C[N+](C)(C)C.CS(=O)(=O)[O-]. The Labute approximate surface area is 129 Å². The number of ether oxygens (including phenoxy) is 1.